The summed E-state index contributed by atoms with van der Waals surface area (Å²) in [5, 5.41) is 6.32. The van der Waals surface area contributed by atoms with E-state index in [2.05, 4.69) is 22.8 Å². The van der Waals surface area contributed by atoms with Crippen LogP contribution in [0.25, 0.3) is 0 Å². The summed E-state index contributed by atoms with van der Waals surface area (Å²) in [6.45, 7) is 2.33. The summed E-state index contributed by atoms with van der Waals surface area (Å²) in [5.41, 5.74) is 2.59. The number of carbonyl (C=O) groups is 1. The number of unbranched alkanes of at least 4 members (excludes halogenated alkanes) is 2. The molecule has 2 N–H and O–H groups in total. The highest BCUT2D eigenvalue weighted by atomic mass is 16.5. The zero-order valence-corrected chi connectivity index (χ0v) is 12.2. The topological polar surface area (TPSA) is 50.4 Å². The maximum Gasteiger partial charge on any atom is 0.237 e. The van der Waals surface area contributed by atoms with Crippen molar-refractivity contribution in [2.24, 2.45) is 0 Å². The molecule has 0 bridgehead atoms. The van der Waals surface area contributed by atoms with Crippen molar-refractivity contribution in [3.63, 3.8) is 0 Å². The highest BCUT2D eigenvalue weighted by Gasteiger charge is 2.23. The third-order valence-corrected chi connectivity index (χ3v) is 3.72. The Morgan fingerprint density at radius 2 is 2.10 bits per heavy atom. The Morgan fingerprint density at radius 3 is 2.90 bits per heavy atom. The zero-order chi connectivity index (χ0) is 14.2. The van der Waals surface area contributed by atoms with E-state index in [4.69, 9.17) is 4.74 Å². The van der Waals surface area contributed by atoms with Crippen molar-refractivity contribution in [1.29, 1.82) is 0 Å². The van der Waals surface area contributed by atoms with Gasteiger partial charge in [0.1, 0.15) is 0 Å². The predicted octanol–water partition coefficient (Wildman–Crippen LogP) is 1.63. The molecule has 4 heteroatoms. The molecule has 0 aliphatic carbocycles. The lowest BCUT2D eigenvalue weighted by atomic mass is 9.95. The maximum atomic E-state index is 12.1. The van der Waals surface area contributed by atoms with Crippen LogP contribution < -0.4 is 10.6 Å². The van der Waals surface area contributed by atoms with Gasteiger partial charge >= 0.3 is 0 Å². The Bertz CT molecular complexity index is 434. The van der Waals surface area contributed by atoms with Crippen LogP contribution in [0.3, 0.4) is 0 Å². The van der Waals surface area contributed by atoms with Crippen LogP contribution in [0.15, 0.2) is 24.3 Å². The lowest BCUT2D eigenvalue weighted by molar-refractivity contribution is -0.123. The fourth-order valence-corrected chi connectivity index (χ4v) is 2.52. The van der Waals surface area contributed by atoms with E-state index in [1.54, 1.807) is 7.11 Å². The number of hydrogen-bond donors (Lipinski definition) is 2. The molecule has 1 aromatic rings. The summed E-state index contributed by atoms with van der Waals surface area (Å²) in [4.78, 5) is 12.1. The molecule has 0 unspecified atom stereocenters. The van der Waals surface area contributed by atoms with Gasteiger partial charge in [-0.25, -0.2) is 0 Å². The summed E-state index contributed by atoms with van der Waals surface area (Å²) in [7, 11) is 1.72. The van der Waals surface area contributed by atoms with E-state index in [9.17, 15) is 4.79 Å². The lowest BCUT2D eigenvalue weighted by Gasteiger charge is -2.25. The number of ether oxygens (including phenoxy) is 1. The van der Waals surface area contributed by atoms with Crippen molar-refractivity contribution >= 4 is 5.91 Å². The summed E-state index contributed by atoms with van der Waals surface area (Å²) >= 11 is 0. The molecule has 110 valence electrons. The first-order valence-corrected chi connectivity index (χ1v) is 7.38. The monoisotopic (exact) mass is 276 g/mol. The van der Waals surface area contributed by atoms with E-state index < -0.39 is 0 Å². The van der Waals surface area contributed by atoms with Crippen LogP contribution in [0.4, 0.5) is 0 Å². The Hall–Kier alpha value is -1.39. The molecule has 0 aromatic heterocycles. The van der Waals surface area contributed by atoms with Crippen molar-refractivity contribution < 1.29 is 9.53 Å². The number of rotatable bonds is 7. The van der Waals surface area contributed by atoms with Gasteiger partial charge in [0, 0.05) is 26.8 Å². The van der Waals surface area contributed by atoms with Gasteiger partial charge in [-0.3, -0.25) is 4.79 Å². The van der Waals surface area contributed by atoms with E-state index in [1.807, 2.05) is 12.1 Å². The van der Waals surface area contributed by atoms with Gasteiger partial charge < -0.3 is 15.4 Å². The van der Waals surface area contributed by atoms with E-state index in [0.717, 1.165) is 45.4 Å². The molecule has 1 amide bonds. The Kier molecular flexibility index (Phi) is 6.02. The van der Waals surface area contributed by atoms with Crippen molar-refractivity contribution in [1.82, 2.24) is 10.6 Å². The van der Waals surface area contributed by atoms with Gasteiger partial charge in [-0.1, -0.05) is 24.3 Å². The first-order chi connectivity index (χ1) is 9.81. The number of amides is 1. The number of methoxy groups -OCH3 is 1. The van der Waals surface area contributed by atoms with Gasteiger partial charge in [0.05, 0.1) is 6.04 Å². The smallest absolute Gasteiger partial charge is 0.237 e. The number of benzene rings is 1. The molecular formula is C16H24N2O2. The molecule has 0 radical (unpaired) electrons. The molecule has 1 atom stereocenters. The van der Waals surface area contributed by atoms with Crippen LogP contribution in [0.5, 0.6) is 0 Å². The van der Waals surface area contributed by atoms with Gasteiger partial charge in [-0.15, -0.1) is 0 Å². The van der Waals surface area contributed by atoms with Crippen LogP contribution >= 0.6 is 0 Å². The number of nitrogens with one attached hydrogen (secondary N) is 2. The van der Waals surface area contributed by atoms with Crippen molar-refractivity contribution in [2.75, 3.05) is 20.3 Å². The normalized spacial score (nSPS) is 17.6. The standard InChI is InChI=1S/C16H24N2O2/c1-20-10-6-2-5-9-17-16(19)15-11-13-7-3-4-8-14(13)12-18-15/h3-4,7-8,15,18H,2,5-6,9-12H2,1H3,(H,17,19)/t15-/m0/s1. The second kappa shape index (κ2) is 8.02. The molecule has 4 nitrogen and oxygen atoms in total. The molecule has 0 saturated heterocycles. The molecule has 1 aliphatic rings. The minimum absolute atomic E-state index is 0.0936. The molecule has 0 saturated carbocycles. The van der Waals surface area contributed by atoms with Crippen LogP contribution in [0.2, 0.25) is 0 Å². The summed E-state index contributed by atoms with van der Waals surface area (Å²) < 4.78 is 5.00. The predicted molar refractivity (Wildman–Crippen MR) is 79.5 cm³/mol. The minimum atomic E-state index is -0.0936. The Balaban J connectivity index is 1.69. The van der Waals surface area contributed by atoms with Crippen molar-refractivity contribution in [3.8, 4) is 0 Å². The highest BCUT2D eigenvalue weighted by Crippen LogP contribution is 2.16. The van der Waals surface area contributed by atoms with Gasteiger partial charge in [-0.05, 0) is 36.8 Å². The third kappa shape index (κ3) is 4.32. The maximum absolute atomic E-state index is 12.1. The van der Waals surface area contributed by atoms with E-state index >= 15 is 0 Å². The SMILES string of the molecule is COCCCCCNC(=O)[C@@H]1Cc2ccccc2CN1. The van der Waals surface area contributed by atoms with Gasteiger partial charge in [0.25, 0.3) is 0 Å². The molecule has 1 aliphatic heterocycles. The van der Waals surface area contributed by atoms with Crippen molar-refractivity contribution in [2.45, 2.75) is 38.3 Å². The van der Waals surface area contributed by atoms with Crippen LogP contribution in [-0.4, -0.2) is 32.2 Å². The van der Waals surface area contributed by atoms with Crippen LogP contribution in [0, 0.1) is 0 Å². The Labute approximate surface area is 120 Å². The average Bonchev–Trinajstić information content (AvgIpc) is 2.50. The summed E-state index contributed by atoms with van der Waals surface area (Å²) in [5.74, 6) is 0.117. The molecule has 1 aromatic carbocycles. The minimum Gasteiger partial charge on any atom is -0.385 e. The second-order valence-corrected chi connectivity index (χ2v) is 5.25. The summed E-state index contributed by atoms with van der Waals surface area (Å²) in [6, 6.07) is 8.22. The van der Waals surface area contributed by atoms with E-state index in [1.165, 1.54) is 11.1 Å². The molecule has 0 spiro atoms. The van der Waals surface area contributed by atoms with Crippen molar-refractivity contribution in [3.05, 3.63) is 35.4 Å². The summed E-state index contributed by atoms with van der Waals surface area (Å²) in [6.07, 6.45) is 3.95. The first-order valence-electron chi connectivity index (χ1n) is 7.38. The first kappa shape index (κ1) is 15.0. The van der Waals surface area contributed by atoms with Crippen LogP contribution in [0.1, 0.15) is 30.4 Å². The second-order valence-electron chi connectivity index (χ2n) is 5.25. The van der Waals surface area contributed by atoms with Crippen LogP contribution in [-0.2, 0) is 22.5 Å². The molecule has 0 fully saturated rings. The highest BCUT2D eigenvalue weighted by molar-refractivity contribution is 5.82. The van der Waals surface area contributed by atoms with Gasteiger partial charge in [-0.2, -0.15) is 0 Å². The molecule has 1 heterocycles. The molecule has 2 rings (SSSR count). The zero-order valence-electron chi connectivity index (χ0n) is 12.2. The largest absolute Gasteiger partial charge is 0.385 e. The van der Waals surface area contributed by atoms with E-state index in [0.29, 0.717) is 0 Å². The number of fused-ring (bicyclic) bond motifs is 1. The van der Waals surface area contributed by atoms with E-state index in [-0.39, 0.29) is 11.9 Å². The average molecular weight is 276 g/mol. The fourth-order valence-electron chi connectivity index (χ4n) is 2.52. The van der Waals surface area contributed by atoms with Gasteiger partial charge in [0.2, 0.25) is 5.91 Å². The number of hydrogen-bond acceptors (Lipinski definition) is 3. The lowest BCUT2D eigenvalue weighted by Crippen LogP contribution is -2.47. The Morgan fingerprint density at radius 1 is 1.30 bits per heavy atom. The number of carbonyl (C=O) groups excluding carboxylic acids is 1. The van der Waals surface area contributed by atoms with Gasteiger partial charge in [0.15, 0.2) is 0 Å². The quantitative estimate of drug-likeness (QED) is 0.744. The molecule has 20 heavy (non-hydrogen) atoms. The molecular weight excluding hydrogens is 252 g/mol. The third-order valence-electron chi connectivity index (χ3n) is 3.72. The fraction of sp³-hybridized carbons (Fsp3) is 0.562.